The third-order valence-corrected chi connectivity index (χ3v) is 6.92. The number of hydrogen-bond acceptors (Lipinski definition) is 5. The minimum absolute atomic E-state index is 0.110. The molecule has 0 bridgehead atoms. The Kier molecular flexibility index (Phi) is 5.78. The van der Waals surface area contributed by atoms with E-state index >= 15 is 0 Å². The van der Waals surface area contributed by atoms with Crippen LogP contribution in [0.2, 0.25) is 0 Å². The zero-order valence-corrected chi connectivity index (χ0v) is 15.9. The van der Waals surface area contributed by atoms with E-state index in [0.29, 0.717) is 5.13 Å². The topological polar surface area (TPSA) is 76.1 Å². The number of hydrogen-bond donors (Lipinski definition) is 1. The first kappa shape index (κ1) is 19.1. The summed E-state index contributed by atoms with van der Waals surface area (Å²) in [6.07, 6.45) is 0. The maximum absolute atomic E-state index is 12.4. The fraction of sp³-hybridized carbons (Fsp3) is 0.733. The Morgan fingerprint density at radius 2 is 1.77 bits per heavy atom. The largest absolute Gasteiger partial charge is 0.301 e. The molecule has 22 heavy (non-hydrogen) atoms. The van der Waals surface area contributed by atoms with Gasteiger partial charge in [0.15, 0.2) is 15.0 Å². The molecule has 7 heteroatoms. The Bertz CT molecular complexity index is 625. The van der Waals surface area contributed by atoms with Crippen LogP contribution in [0.5, 0.6) is 0 Å². The molecule has 1 aromatic rings. The highest BCUT2D eigenvalue weighted by Gasteiger charge is 2.37. The van der Waals surface area contributed by atoms with Crippen LogP contribution in [0.15, 0.2) is 5.38 Å². The lowest BCUT2D eigenvalue weighted by Gasteiger charge is -2.22. The van der Waals surface area contributed by atoms with Gasteiger partial charge < -0.3 is 5.32 Å². The maximum Gasteiger partial charge on any atom is 0.244 e. The Balaban J connectivity index is 3.01. The van der Waals surface area contributed by atoms with Gasteiger partial charge in [0.1, 0.15) is 5.25 Å². The van der Waals surface area contributed by atoms with E-state index in [-0.39, 0.29) is 11.3 Å². The van der Waals surface area contributed by atoms with E-state index in [1.54, 1.807) is 27.7 Å². The van der Waals surface area contributed by atoms with E-state index < -0.39 is 26.2 Å². The number of carbonyl (C=O) groups excluding carboxylic acids is 1. The van der Waals surface area contributed by atoms with Crippen LogP contribution in [-0.2, 0) is 20.0 Å². The van der Waals surface area contributed by atoms with Crippen molar-refractivity contribution < 1.29 is 13.2 Å². The number of nitrogens with zero attached hydrogens (tertiary/aromatic N) is 1. The molecule has 0 saturated heterocycles. The van der Waals surface area contributed by atoms with E-state index in [9.17, 15) is 13.2 Å². The van der Waals surface area contributed by atoms with Gasteiger partial charge >= 0.3 is 0 Å². The molecule has 0 saturated carbocycles. The van der Waals surface area contributed by atoms with Gasteiger partial charge in [-0.2, -0.15) is 0 Å². The molecule has 1 amide bonds. The molecule has 0 radical (unpaired) electrons. The molecule has 0 aliphatic rings. The highest BCUT2D eigenvalue weighted by molar-refractivity contribution is 7.93. The van der Waals surface area contributed by atoms with Crippen LogP contribution < -0.4 is 5.32 Å². The second-order valence-corrected chi connectivity index (χ2v) is 10.6. The number of sulfone groups is 1. The minimum Gasteiger partial charge on any atom is -0.301 e. The first-order valence-electron chi connectivity index (χ1n) is 7.37. The standard InChI is InChI=1S/C15H26N2O3S2/c1-9(2)12(22(19,20)10(3)4)13(18)17-14-16-11(8-21-14)15(5,6)7/h8-10,12H,1-7H3,(H,16,17,18). The molecule has 0 aromatic carbocycles. The first-order valence-corrected chi connectivity index (χ1v) is 9.86. The normalized spacial score (nSPS) is 14.4. The van der Waals surface area contributed by atoms with Crippen molar-refractivity contribution in [2.45, 2.75) is 64.4 Å². The van der Waals surface area contributed by atoms with Gasteiger partial charge in [-0.25, -0.2) is 13.4 Å². The van der Waals surface area contributed by atoms with Crippen LogP contribution in [-0.4, -0.2) is 29.8 Å². The molecule has 1 atom stereocenters. The molecule has 0 aliphatic carbocycles. The zero-order valence-electron chi connectivity index (χ0n) is 14.3. The van der Waals surface area contributed by atoms with E-state index in [2.05, 4.69) is 10.3 Å². The van der Waals surface area contributed by atoms with Crippen LogP contribution in [0.4, 0.5) is 5.13 Å². The second-order valence-electron chi connectivity index (χ2n) is 7.08. The van der Waals surface area contributed by atoms with Gasteiger partial charge in [-0.3, -0.25) is 4.79 Å². The summed E-state index contributed by atoms with van der Waals surface area (Å²) in [5, 5.41) is 3.34. The van der Waals surface area contributed by atoms with Crippen molar-refractivity contribution in [3.8, 4) is 0 Å². The number of nitrogens with one attached hydrogen (secondary N) is 1. The summed E-state index contributed by atoms with van der Waals surface area (Å²) < 4.78 is 24.8. The minimum atomic E-state index is -3.51. The van der Waals surface area contributed by atoms with Crippen molar-refractivity contribution in [1.29, 1.82) is 0 Å². The number of carbonyl (C=O) groups is 1. The van der Waals surface area contributed by atoms with Crippen LogP contribution in [0.3, 0.4) is 0 Å². The summed E-state index contributed by atoms with van der Waals surface area (Å²) in [5.41, 5.74) is 0.765. The number of anilines is 1. The van der Waals surface area contributed by atoms with Crippen LogP contribution >= 0.6 is 11.3 Å². The fourth-order valence-electron chi connectivity index (χ4n) is 1.98. The molecule has 1 aromatic heterocycles. The van der Waals surface area contributed by atoms with Crippen molar-refractivity contribution in [2.24, 2.45) is 5.92 Å². The molecule has 1 rings (SSSR count). The summed E-state index contributed by atoms with van der Waals surface area (Å²) in [6, 6.07) is 0. The molecular formula is C15H26N2O3S2. The van der Waals surface area contributed by atoms with Gasteiger partial charge in [0.25, 0.3) is 0 Å². The first-order chi connectivity index (χ1) is 9.87. The fourth-order valence-corrected chi connectivity index (χ4v) is 4.62. The molecular weight excluding hydrogens is 320 g/mol. The molecule has 0 aliphatic heterocycles. The van der Waals surface area contributed by atoms with Crippen molar-refractivity contribution in [3.05, 3.63) is 11.1 Å². The second kappa shape index (κ2) is 6.66. The monoisotopic (exact) mass is 346 g/mol. The van der Waals surface area contributed by atoms with Crippen molar-refractivity contribution >= 4 is 32.2 Å². The number of aromatic nitrogens is 1. The Hall–Kier alpha value is -0.950. The summed E-state index contributed by atoms with van der Waals surface area (Å²) >= 11 is 1.32. The van der Waals surface area contributed by atoms with E-state index in [1.807, 2.05) is 26.2 Å². The third kappa shape index (κ3) is 4.29. The van der Waals surface area contributed by atoms with Gasteiger partial charge in [0.05, 0.1) is 10.9 Å². The van der Waals surface area contributed by atoms with Crippen LogP contribution in [0, 0.1) is 5.92 Å². The van der Waals surface area contributed by atoms with Crippen molar-refractivity contribution in [2.75, 3.05) is 5.32 Å². The van der Waals surface area contributed by atoms with Gasteiger partial charge in [-0.05, 0) is 19.8 Å². The molecule has 1 N–H and O–H groups in total. The smallest absolute Gasteiger partial charge is 0.244 e. The van der Waals surface area contributed by atoms with Crippen molar-refractivity contribution in [1.82, 2.24) is 4.98 Å². The number of thiazole rings is 1. The van der Waals surface area contributed by atoms with Gasteiger partial charge in [0, 0.05) is 10.8 Å². The lowest BCUT2D eigenvalue weighted by molar-refractivity contribution is -0.116. The van der Waals surface area contributed by atoms with Crippen molar-refractivity contribution in [3.63, 3.8) is 0 Å². The maximum atomic E-state index is 12.4. The van der Waals surface area contributed by atoms with Crippen LogP contribution in [0.1, 0.15) is 54.2 Å². The van der Waals surface area contributed by atoms with Gasteiger partial charge in [-0.1, -0.05) is 34.6 Å². The number of rotatable bonds is 5. The summed E-state index contributed by atoms with van der Waals surface area (Å²) in [6.45, 7) is 12.8. The third-order valence-electron chi connectivity index (χ3n) is 3.38. The summed E-state index contributed by atoms with van der Waals surface area (Å²) in [5.74, 6) is -0.798. The molecule has 126 valence electrons. The van der Waals surface area contributed by atoms with E-state index in [4.69, 9.17) is 0 Å². The molecule has 0 spiro atoms. The van der Waals surface area contributed by atoms with E-state index in [1.165, 1.54) is 11.3 Å². The molecule has 0 fully saturated rings. The average Bonchev–Trinajstić information content (AvgIpc) is 2.75. The van der Waals surface area contributed by atoms with Gasteiger partial charge in [0.2, 0.25) is 5.91 Å². The summed E-state index contributed by atoms with van der Waals surface area (Å²) in [4.78, 5) is 16.8. The highest BCUT2D eigenvalue weighted by atomic mass is 32.2. The van der Waals surface area contributed by atoms with E-state index in [0.717, 1.165) is 5.69 Å². The molecule has 1 heterocycles. The van der Waals surface area contributed by atoms with Crippen LogP contribution in [0.25, 0.3) is 0 Å². The predicted molar refractivity (Wildman–Crippen MR) is 92.1 cm³/mol. The SMILES string of the molecule is CC(C)C(C(=O)Nc1nc(C(C)(C)C)cs1)S(=O)(=O)C(C)C. The zero-order chi connectivity index (χ0) is 17.3. The Morgan fingerprint density at radius 1 is 1.23 bits per heavy atom. The average molecular weight is 347 g/mol. The number of amides is 1. The lowest BCUT2D eigenvalue weighted by Crippen LogP contribution is -2.42. The summed E-state index contributed by atoms with van der Waals surface area (Å²) in [7, 11) is -3.51. The highest BCUT2D eigenvalue weighted by Crippen LogP contribution is 2.27. The quantitative estimate of drug-likeness (QED) is 0.888. The Labute approximate surface area is 137 Å². The van der Waals surface area contributed by atoms with Gasteiger partial charge in [-0.15, -0.1) is 11.3 Å². The predicted octanol–water partition coefficient (Wildman–Crippen LogP) is 3.23. The lowest BCUT2D eigenvalue weighted by atomic mass is 9.93. The molecule has 5 nitrogen and oxygen atoms in total. The molecule has 1 unspecified atom stereocenters. The Morgan fingerprint density at radius 3 is 2.14 bits per heavy atom.